The zero-order valence-corrected chi connectivity index (χ0v) is 14.1. The van der Waals surface area contributed by atoms with Crippen LogP contribution in [0.1, 0.15) is 6.92 Å². The summed E-state index contributed by atoms with van der Waals surface area (Å²) in [5, 5.41) is 9.08. The summed E-state index contributed by atoms with van der Waals surface area (Å²) >= 11 is 1.33. The summed E-state index contributed by atoms with van der Waals surface area (Å²) in [4.78, 5) is 13.5. The van der Waals surface area contributed by atoms with Gasteiger partial charge in [0.15, 0.2) is 11.0 Å². The number of aromatic nitrogens is 3. The second-order valence-corrected chi connectivity index (χ2v) is 5.85. The van der Waals surface area contributed by atoms with Crippen molar-refractivity contribution in [3.05, 3.63) is 24.3 Å². The molecule has 0 amide bonds. The Labute approximate surface area is 134 Å². The number of carbonyl (C=O) groups is 1. The molecule has 6 nitrogen and oxygen atoms in total. The summed E-state index contributed by atoms with van der Waals surface area (Å²) in [6.07, 6.45) is 0. The molecule has 0 spiro atoms. The van der Waals surface area contributed by atoms with E-state index in [1.165, 1.54) is 11.8 Å². The molecule has 0 saturated carbocycles. The van der Waals surface area contributed by atoms with Crippen LogP contribution in [0.15, 0.2) is 29.4 Å². The van der Waals surface area contributed by atoms with E-state index in [4.69, 9.17) is 4.74 Å². The minimum absolute atomic E-state index is 0.234. The highest BCUT2D eigenvalue weighted by Crippen LogP contribution is 2.25. The molecule has 0 atom stereocenters. The van der Waals surface area contributed by atoms with Crippen molar-refractivity contribution < 1.29 is 9.53 Å². The van der Waals surface area contributed by atoms with Gasteiger partial charge in [-0.25, -0.2) is 0 Å². The Morgan fingerprint density at radius 1 is 1.36 bits per heavy atom. The van der Waals surface area contributed by atoms with Crippen LogP contribution >= 0.6 is 11.8 Å². The van der Waals surface area contributed by atoms with Gasteiger partial charge in [0.1, 0.15) is 0 Å². The van der Waals surface area contributed by atoms with Gasteiger partial charge in [-0.2, -0.15) is 0 Å². The zero-order valence-electron chi connectivity index (χ0n) is 13.2. The number of hydrogen-bond acceptors (Lipinski definition) is 6. The highest BCUT2D eigenvalue weighted by atomic mass is 32.2. The molecule has 0 saturated heterocycles. The van der Waals surface area contributed by atoms with Crippen LogP contribution < -0.4 is 4.90 Å². The largest absolute Gasteiger partial charge is 0.465 e. The van der Waals surface area contributed by atoms with Gasteiger partial charge in [0.05, 0.1) is 12.4 Å². The molecule has 0 unspecified atom stereocenters. The van der Waals surface area contributed by atoms with Crippen molar-refractivity contribution in [1.82, 2.24) is 14.8 Å². The van der Waals surface area contributed by atoms with Crippen LogP contribution in [0.3, 0.4) is 0 Å². The van der Waals surface area contributed by atoms with Crippen LogP contribution in [0, 0.1) is 0 Å². The molecular formula is C15H20N4O2S. The van der Waals surface area contributed by atoms with E-state index >= 15 is 0 Å². The highest BCUT2D eigenvalue weighted by Gasteiger charge is 2.13. The second kappa shape index (κ2) is 7.31. The van der Waals surface area contributed by atoms with Crippen LogP contribution in [0.25, 0.3) is 11.4 Å². The first kappa shape index (κ1) is 16.4. The van der Waals surface area contributed by atoms with E-state index in [2.05, 4.69) is 16.3 Å². The molecule has 1 heterocycles. The topological polar surface area (TPSA) is 60.2 Å². The number of carbonyl (C=O) groups excluding carboxylic acids is 1. The highest BCUT2D eigenvalue weighted by molar-refractivity contribution is 7.99. The maximum Gasteiger partial charge on any atom is 0.316 e. The minimum atomic E-state index is -0.244. The maximum atomic E-state index is 11.4. The van der Waals surface area contributed by atoms with Crippen molar-refractivity contribution >= 4 is 23.4 Å². The molecule has 1 aromatic carbocycles. The first-order valence-corrected chi connectivity index (χ1v) is 7.97. The molecular weight excluding hydrogens is 300 g/mol. The minimum Gasteiger partial charge on any atom is -0.465 e. The van der Waals surface area contributed by atoms with Crippen LogP contribution in [0.2, 0.25) is 0 Å². The van der Waals surface area contributed by atoms with Crippen molar-refractivity contribution in [2.24, 2.45) is 7.05 Å². The van der Waals surface area contributed by atoms with Gasteiger partial charge >= 0.3 is 5.97 Å². The Balaban J connectivity index is 2.17. The number of nitrogens with zero attached hydrogens (tertiary/aromatic N) is 4. The van der Waals surface area contributed by atoms with Crippen LogP contribution in [-0.4, -0.2) is 47.2 Å². The molecule has 7 heteroatoms. The van der Waals surface area contributed by atoms with Crippen molar-refractivity contribution in [2.45, 2.75) is 12.1 Å². The van der Waals surface area contributed by atoms with E-state index in [0.29, 0.717) is 11.8 Å². The Morgan fingerprint density at radius 2 is 2.14 bits per heavy atom. The van der Waals surface area contributed by atoms with Gasteiger partial charge < -0.3 is 14.2 Å². The Hall–Kier alpha value is -2.02. The zero-order chi connectivity index (χ0) is 16.1. The monoisotopic (exact) mass is 320 g/mol. The molecule has 0 radical (unpaired) electrons. The van der Waals surface area contributed by atoms with Gasteiger partial charge in [-0.1, -0.05) is 23.9 Å². The average Bonchev–Trinajstić information content (AvgIpc) is 2.86. The van der Waals surface area contributed by atoms with E-state index in [0.717, 1.165) is 17.1 Å². The van der Waals surface area contributed by atoms with Crippen LogP contribution in [0.5, 0.6) is 0 Å². The van der Waals surface area contributed by atoms with Gasteiger partial charge in [0.25, 0.3) is 0 Å². The predicted octanol–water partition coefficient (Wildman–Crippen LogP) is 2.20. The molecule has 0 aliphatic rings. The lowest BCUT2D eigenvalue weighted by Gasteiger charge is -2.13. The van der Waals surface area contributed by atoms with Gasteiger partial charge in [-0.05, 0) is 19.1 Å². The fourth-order valence-corrected chi connectivity index (χ4v) is 2.65. The number of esters is 1. The summed E-state index contributed by atoms with van der Waals surface area (Å²) < 4.78 is 6.80. The number of anilines is 1. The lowest BCUT2D eigenvalue weighted by atomic mass is 10.2. The van der Waals surface area contributed by atoms with Crippen molar-refractivity contribution in [3.8, 4) is 11.4 Å². The number of rotatable bonds is 6. The van der Waals surface area contributed by atoms with Crippen molar-refractivity contribution in [2.75, 3.05) is 31.4 Å². The van der Waals surface area contributed by atoms with Crippen molar-refractivity contribution in [3.63, 3.8) is 0 Å². The molecule has 1 aromatic heterocycles. The van der Waals surface area contributed by atoms with Gasteiger partial charge in [0, 0.05) is 32.4 Å². The third-order valence-corrected chi connectivity index (χ3v) is 4.07. The summed E-state index contributed by atoms with van der Waals surface area (Å²) in [6, 6.07) is 8.08. The number of hydrogen-bond donors (Lipinski definition) is 0. The smallest absolute Gasteiger partial charge is 0.316 e. The van der Waals surface area contributed by atoms with Crippen LogP contribution in [0.4, 0.5) is 5.69 Å². The van der Waals surface area contributed by atoms with Crippen LogP contribution in [-0.2, 0) is 16.6 Å². The fraction of sp³-hybridized carbons (Fsp3) is 0.400. The third kappa shape index (κ3) is 3.79. The van der Waals surface area contributed by atoms with E-state index in [-0.39, 0.29) is 11.7 Å². The number of benzene rings is 1. The molecule has 22 heavy (non-hydrogen) atoms. The van der Waals surface area contributed by atoms with Gasteiger partial charge in [-0.3, -0.25) is 4.79 Å². The maximum absolute atomic E-state index is 11.4. The number of thioether (sulfide) groups is 1. The van der Waals surface area contributed by atoms with E-state index in [9.17, 15) is 4.79 Å². The summed E-state index contributed by atoms with van der Waals surface area (Å²) in [5.41, 5.74) is 2.09. The molecule has 0 aliphatic carbocycles. The molecule has 2 aromatic rings. The van der Waals surface area contributed by atoms with E-state index in [1.54, 1.807) is 6.92 Å². The first-order chi connectivity index (χ1) is 10.5. The average molecular weight is 320 g/mol. The quantitative estimate of drug-likeness (QED) is 0.601. The summed E-state index contributed by atoms with van der Waals surface area (Å²) in [7, 11) is 5.89. The lowest BCUT2D eigenvalue weighted by Crippen LogP contribution is -2.08. The normalized spacial score (nSPS) is 10.5. The van der Waals surface area contributed by atoms with E-state index in [1.807, 2.05) is 48.8 Å². The molecule has 0 aliphatic heterocycles. The third-order valence-electron chi connectivity index (χ3n) is 3.08. The predicted molar refractivity (Wildman–Crippen MR) is 88.1 cm³/mol. The van der Waals surface area contributed by atoms with Gasteiger partial charge in [0.2, 0.25) is 0 Å². The SMILES string of the molecule is CCOC(=O)CSc1nnc(-c2cccc(N(C)C)c2)n1C. The summed E-state index contributed by atoms with van der Waals surface area (Å²) in [5.74, 6) is 0.763. The summed E-state index contributed by atoms with van der Waals surface area (Å²) in [6.45, 7) is 2.18. The molecule has 0 fully saturated rings. The first-order valence-electron chi connectivity index (χ1n) is 6.98. The van der Waals surface area contributed by atoms with E-state index < -0.39 is 0 Å². The lowest BCUT2D eigenvalue weighted by molar-refractivity contribution is -0.139. The van der Waals surface area contributed by atoms with Gasteiger partial charge in [-0.15, -0.1) is 10.2 Å². The standard InChI is InChI=1S/C15H20N4O2S/c1-5-21-13(20)10-22-15-17-16-14(19(15)4)11-7-6-8-12(9-11)18(2)3/h6-9H,5,10H2,1-4H3. The molecule has 0 bridgehead atoms. The molecule has 2 rings (SSSR count). The number of ether oxygens (including phenoxy) is 1. The Kier molecular flexibility index (Phi) is 5.43. The van der Waals surface area contributed by atoms with Crippen molar-refractivity contribution in [1.29, 1.82) is 0 Å². The molecule has 0 N–H and O–H groups in total. The fourth-order valence-electron chi connectivity index (χ4n) is 1.94. The Morgan fingerprint density at radius 3 is 2.82 bits per heavy atom. The second-order valence-electron chi connectivity index (χ2n) is 4.90. The molecule has 118 valence electrons. The Bertz CT molecular complexity index is 655.